The lowest BCUT2D eigenvalue weighted by atomic mass is 9.99. The molecule has 0 radical (unpaired) electrons. The number of hydrogen-bond acceptors (Lipinski definition) is 4. The van der Waals surface area contributed by atoms with Gasteiger partial charge in [-0.15, -0.1) is 0 Å². The van der Waals surface area contributed by atoms with Crippen LogP contribution in [0.1, 0.15) is 36.8 Å². The van der Waals surface area contributed by atoms with E-state index in [1.165, 1.54) is 16.4 Å². The minimum atomic E-state index is -3.67. The van der Waals surface area contributed by atoms with Crippen molar-refractivity contribution in [1.29, 1.82) is 0 Å². The van der Waals surface area contributed by atoms with Crippen LogP contribution in [0.25, 0.3) is 0 Å². The van der Waals surface area contributed by atoms with E-state index in [1.807, 2.05) is 0 Å². The number of amides is 1. The van der Waals surface area contributed by atoms with Crippen LogP contribution >= 0.6 is 0 Å². The van der Waals surface area contributed by atoms with Crippen LogP contribution in [0.4, 0.5) is 4.39 Å². The Morgan fingerprint density at radius 1 is 1.26 bits per heavy atom. The number of nitrogens with zero attached hydrogens (tertiary/aromatic N) is 1. The second kappa shape index (κ2) is 8.24. The summed E-state index contributed by atoms with van der Waals surface area (Å²) in [5.41, 5.74) is 0.664. The van der Waals surface area contributed by atoms with Crippen LogP contribution in [-0.2, 0) is 14.8 Å². The first-order valence-corrected chi connectivity index (χ1v) is 11.0. The molecule has 0 saturated carbocycles. The number of sulfonamides is 1. The van der Waals surface area contributed by atoms with E-state index < -0.39 is 10.0 Å². The highest BCUT2D eigenvalue weighted by Crippen LogP contribution is 2.26. The maximum Gasteiger partial charge on any atom is 0.243 e. The second-order valence-corrected chi connectivity index (χ2v) is 9.57. The highest BCUT2D eigenvalue weighted by Gasteiger charge is 2.31. The molecule has 2 saturated heterocycles. The van der Waals surface area contributed by atoms with Crippen molar-refractivity contribution in [2.45, 2.75) is 50.5 Å². The van der Waals surface area contributed by atoms with Crippen molar-refractivity contribution >= 4 is 15.9 Å². The number of benzene rings is 1. The summed E-state index contributed by atoms with van der Waals surface area (Å²) in [5.74, 6) is -0.285. The van der Waals surface area contributed by atoms with Gasteiger partial charge >= 0.3 is 0 Å². The minimum Gasteiger partial charge on any atom is -0.354 e. The molecule has 1 amide bonds. The smallest absolute Gasteiger partial charge is 0.243 e. The summed E-state index contributed by atoms with van der Waals surface area (Å²) in [4.78, 5) is 12.3. The summed E-state index contributed by atoms with van der Waals surface area (Å²) in [7, 11) is -3.67. The molecule has 2 fully saturated rings. The highest BCUT2D eigenvalue weighted by molar-refractivity contribution is 7.89. The maximum atomic E-state index is 13.9. The molecule has 2 unspecified atom stereocenters. The van der Waals surface area contributed by atoms with Gasteiger partial charge in [0, 0.05) is 19.6 Å². The van der Waals surface area contributed by atoms with E-state index in [2.05, 4.69) is 10.6 Å². The summed E-state index contributed by atoms with van der Waals surface area (Å²) in [6.07, 6.45) is 3.48. The van der Waals surface area contributed by atoms with Gasteiger partial charge in [-0.2, -0.15) is 4.31 Å². The van der Waals surface area contributed by atoms with Crippen molar-refractivity contribution in [3.05, 3.63) is 29.1 Å². The quantitative estimate of drug-likeness (QED) is 0.793. The zero-order valence-electron chi connectivity index (χ0n) is 15.9. The molecule has 8 heteroatoms. The van der Waals surface area contributed by atoms with Gasteiger partial charge in [0.1, 0.15) is 5.82 Å². The molecule has 2 aliphatic heterocycles. The molecule has 2 N–H and O–H groups in total. The van der Waals surface area contributed by atoms with Crippen LogP contribution in [0.2, 0.25) is 0 Å². The first-order valence-electron chi connectivity index (χ1n) is 9.57. The van der Waals surface area contributed by atoms with Crippen molar-refractivity contribution in [2.75, 3.05) is 26.2 Å². The van der Waals surface area contributed by atoms with E-state index in [4.69, 9.17) is 0 Å². The molecule has 0 spiro atoms. The molecule has 6 nitrogen and oxygen atoms in total. The zero-order valence-corrected chi connectivity index (χ0v) is 16.7. The van der Waals surface area contributed by atoms with Crippen molar-refractivity contribution in [3.63, 3.8) is 0 Å². The zero-order chi connectivity index (χ0) is 19.6. The SMILES string of the molecule is Cc1cc(S(=O)(=O)N2CCCC(CNC(=O)C3CCCN3)C2)cc(C)c1F. The van der Waals surface area contributed by atoms with Gasteiger partial charge in [0.25, 0.3) is 0 Å². The third-order valence-electron chi connectivity index (χ3n) is 5.47. The number of carbonyl (C=O) groups is 1. The molecule has 0 aromatic heterocycles. The molecule has 3 rings (SSSR count). The summed E-state index contributed by atoms with van der Waals surface area (Å²) in [5, 5.41) is 6.12. The van der Waals surface area contributed by atoms with Crippen molar-refractivity contribution in [1.82, 2.24) is 14.9 Å². The fraction of sp³-hybridized carbons (Fsp3) is 0.632. The number of nitrogens with one attached hydrogen (secondary N) is 2. The van der Waals surface area contributed by atoms with E-state index in [0.29, 0.717) is 30.8 Å². The van der Waals surface area contributed by atoms with Crippen LogP contribution in [0, 0.1) is 25.6 Å². The van der Waals surface area contributed by atoms with Gasteiger partial charge in [-0.25, -0.2) is 12.8 Å². The third-order valence-corrected chi connectivity index (χ3v) is 7.31. The topological polar surface area (TPSA) is 78.5 Å². The fourth-order valence-corrected chi connectivity index (χ4v) is 5.62. The van der Waals surface area contributed by atoms with E-state index in [1.54, 1.807) is 13.8 Å². The standard InChI is InChI=1S/C19H28FN3O3S/c1-13-9-16(10-14(2)18(13)20)27(25,26)23-8-4-5-15(12-23)11-22-19(24)17-6-3-7-21-17/h9-10,15,17,21H,3-8,11-12H2,1-2H3,(H,22,24). The Morgan fingerprint density at radius 3 is 2.59 bits per heavy atom. The monoisotopic (exact) mass is 397 g/mol. The normalized spacial score (nSPS) is 24.1. The first kappa shape index (κ1) is 20.2. The third kappa shape index (κ3) is 4.50. The lowest BCUT2D eigenvalue weighted by Crippen LogP contribution is -2.46. The van der Waals surface area contributed by atoms with Crippen molar-refractivity contribution in [2.24, 2.45) is 5.92 Å². The Hall–Kier alpha value is -1.51. The van der Waals surface area contributed by atoms with E-state index in [9.17, 15) is 17.6 Å². The molecule has 1 aromatic rings. The number of carbonyl (C=O) groups excluding carboxylic acids is 1. The molecule has 150 valence electrons. The lowest BCUT2D eigenvalue weighted by Gasteiger charge is -2.32. The number of hydrogen-bond donors (Lipinski definition) is 2. The number of aryl methyl sites for hydroxylation is 2. The molecular formula is C19H28FN3O3S. The van der Waals surface area contributed by atoms with Gasteiger partial charge in [0.2, 0.25) is 15.9 Å². The summed E-state index contributed by atoms with van der Waals surface area (Å²) < 4.78 is 41.3. The van der Waals surface area contributed by atoms with Gasteiger partial charge in [-0.1, -0.05) is 0 Å². The molecule has 2 aliphatic rings. The summed E-state index contributed by atoms with van der Waals surface area (Å²) in [6.45, 7) is 5.32. The van der Waals surface area contributed by atoms with E-state index in [-0.39, 0.29) is 28.6 Å². The Labute approximate surface area is 160 Å². The molecule has 27 heavy (non-hydrogen) atoms. The molecular weight excluding hydrogens is 369 g/mol. The van der Waals surface area contributed by atoms with Crippen LogP contribution in [0.5, 0.6) is 0 Å². The largest absolute Gasteiger partial charge is 0.354 e. The summed E-state index contributed by atoms with van der Waals surface area (Å²) >= 11 is 0. The van der Waals surface area contributed by atoms with Gasteiger partial charge in [0.05, 0.1) is 10.9 Å². The van der Waals surface area contributed by atoms with Crippen LogP contribution < -0.4 is 10.6 Å². The Bertz CT molecular complexity index is 783. The molecule has 0 aliphatic carbocycles. The van der Waals surface area contributed by atoms with E-state index >= 15 is 0 Å². The number of rotatable bonds is 5. The van der Waals surface area contributed by atoms with Gasteiger partial charge in [-0.3, -0.25) is 4.79 Å². The van der Waals surface area contributed by atoms with E-state index in [0.717, 1.165) is 32.2 Å². The second-order valence-electron chi connectivity index (χ2n) is 7.64. The van der Waals surface area contributed by atoms with Crippen LogP contribution in [-0.4, -0.2) is 50.9 Å². The fourth-order valence-electron chi connectivity index (χ4n) is 3.89. The minimum absolute atomic E-state index is 0.00253. The predicted octanol–water partition coefficient (Wildman–Crippen LogP) is 1.71. The molecule has 2 atom stereocenters. The number of halogens is 1. The molecule has 0 bridgehead atoms. The van der Waals surface area contributed by atoms with Crippen molar-refractivity contribution in [3.8, 4) is 0 Å². The van der Waals surface area contributed by atoms with Crippen LogP contribution in [0.15, 0.2) is 17.0 Å². The van der Waals surface area contributed by atoms with Crippen molar-refractivity contribution < 1.29 is 17.6 Å². The molecule has 2 heterocycles. The highest BCUT2D eigenvalue weighted by atomic mass is 32.2. The van der Waals surface area contributed by atoms with Gasteiger partial charge < -0.3 is 10.6 Å². The average molecular weight is 398 g/mol. The Morgan fingerprint density at radius 2 is 1.96 bits per heavy atom. The van der Waals surface area contributed by atoms with Gasteiger partial charge in [0.15, 0.2) is 0 Å². The Balaban J connectivity index is 1.65. The lowest BCUT2D eigenvalue weighted by molar-refractivity contribution is -0.123. The van der Waals surface area contributed by atoms with Gasteiger partial charge in [-0.05, 0) is 75.3 Å². The maximum absolute atomic E-state index is 13.9. The molecule has 1 aromatic carbocycles. The number of piperidine rings is 1. The Kier molecular flexibility index (Phi) is 6.18. The summed E-state index contributed by atoms with van der Waals surface area (Å²) in [6, 6.07) is 2.67. The predicted molar refractivity (Wildman–Crippen MR) is 101 cm³/mol. The first-order chi connectivity index (χ1) is 12.8. The van der Waals surface area contributed by atoms with Crippen LogP contribution in [0.3, 0.4) is 0 Å². The average Bonchev–Trinajstić information content (AvgIpc) is 3.19.